The van der Waals surface area contributed by atoms with Crippen molar-refractivity contribution in [3.63, 3.8) is 0 Å². The van der Waals surface area contributed by atoms with Gasteiger partial charge in [0.25, 0.3) is 0 Å². The molecule has 0 aromatic carbocycles. The number of hydrogen-bond acceptors (Lipinski definition) is 4. The van der Waals surface area contributed by atoms with Gasteiger partial charge in [-0.3, -0.25) is 0 Å². The molecule has 0 aliphatic carbocycles. The third-order valence-corrected chi connectivity index (χ3v) is 0.0333. The molecule has 0 aliphatic rings. The molecule has 0 aromatic heterocycles. The standard InChI is InChI=1S/4Na.H2O4.4H/c;;;;1-3-4-2;;;;/h;;;;1-2H;;;;. The van der Waals surface area contributed by atoms with Crippen molar-refractivity contribution < 1.29 is 20.6 Å². The van der Waals surface area contributed by atoms with Crippen LogP contribution in [0.4, 0.5) is 0 Å². The Bertz CT molecular complexity index is 10.0. The van der Waals surface area contributed by atoms with Gasteiger partial charge in [0.05, 0.1) is 0 Å². The number of rotatable bonds is 1. The molecule has 0 aliphatic heterocycles. The molecule has 0 atom stereocenters. The molecule has 0 radical (unpaired) electrons. The molecule has 34 valence electrons. The Kier molecular flexibility index (Phi) is 114. The summed E-state index contributed by atoms with van der Waals surface area (Å²) in [5.41, 5.74) is 0. The molecule has 0 heterocycles. The van der Waals surface area contributed by atoms with E-state index in [-0.39, 0.29) is 118 Å². The zero-order valence-electron chi connectivity index (χ0n) is 1.71. The fraction of sp³-hybridized carbons (Fsp3) is 0. The second kappa shape index (κ2) is 30.8. The summed E-state index contributed by atoms with van der Waals surface area (Å²) in [6.07, 6.45) is 0. The van der Waals surface area contributed by atoms with E-state index in [0.717, 1.165) is 0 Å². The summed E-state index contributed by atoms with van der Waals surface area (Å²) < 4.78 is 0. The van der Waals surface area contributed by atoms with Gasteiger partial charge in [-0.1, -0.05) is 0 Å². The molecule has 0 fully saturated rings. The fourth-order valence-electron chi connectivity index (χ4n) is 0. The van der Waals surface area contributed by atoms with Gasteiger partial charge in [0, 0.05) is 0 Å². The Hall–Kier alpha value is 3.84. The van der Waals surface area contributed by atoms with Crippen molar-refractivity contribution in [2.24, 2.45) is 0 Å². The third kappa shape index (κ3) is 32.8. The Morgan fingerprint density at radius 3 is 0.750 bits per heavy atom. The molecule has 0 saturated carbocycles. The third-order valence-electron chi connectivity index (χ3n) is 0.0333. The number of hydrogen-bond donors (Lipinski definition) is 2. The Morgan fingerprint density at radius 1 is 0.625 bits per heavy atom. The average molecular weight is 162 g/mol. The zero-order valence-corrected chi connectivity index (χ0v) is 1.71. The van der Waals surface area contributed by atoms with E-state index >= 15 is 0 Å². The molecule has 2 N–H and O–H groups in total. The van der Waals surface area contributed by atoms with Crippen LogP contribution in [0.15, 0.2) is 0 Å². The van der Waals surface area contributed by atoms with Gasteiger partial charge in [-0.05, 0) is 10.1 Å². The maximum absolute atomic E-state index is 6.90. The van der Waals surface area contributed by atoms with Crippen LogP contribution >= 0.6 is 0 Å². The van der Waals surface area contributed by atoms with Gasteiger partial charge < -0.3 is 0 Å². The van der Waals surface area contributed by atoms with Crippen molar-refractivity contribution in [3.8, 4) is 0 Å². The SMILES string of the molecule is OOOO.[NaH].[NaH].[NaH].[NaH]. The molecule has 0 saturated heterocycles. The summed E-state index contributed by atoms with van der Waals surface area (Å²) in [4.78, 5) is 0. The fourth-order valence-corrected chi connectivity index (χ4v) is 0. The van der Waals surface area contributed by atoms with Crippen LogP contribution in [-0.4, -0.2) is 129 Å². The van der Waals surface area contributed by atoms with Crippen molar-refractivity contribution >= 4 is 118 Å². The van der Waals surface area contributed by atoms with Gasteiger partial charge in [-0.25, -0.2) is 10.5 Å². The first-order valence-corrected chi connectivity index (χ1v) is 0.532. The second-order valence-corrected chi connectivity index (χ2v) is 0.149. The normalized spacial score (nSPS) is 3.75. The monoisotopic (exact) mass is 162 g/mol. The van der Waals surface area contributed by atoms with Crippen LogP contribution in [0.1, 0.15) is 0 Å². The van der Waals surface area contributed by atoms with E-state index in [1.165, 1.54) is 0 Å². The molecule has 8 heavy (non-hydrogen) atoms. The minimum absolute atomic E-state index is 0. The van der Waals surface area contributed by atoms with Crippen molar-refractivity contribution in [1.82, 2.24) is 0 Å². The Labute approximate surface area is 136 Å². The molecule has 8 heteroatoms. The molecule has 0 amide bonds. The van der Waals surface area contributed by atoms with Crippen molar-refractivity contribution in [2.75, 3.05) is 0 Å². The molecule has 0 spiro atoms. The summed E-state index contributed by atoms with van der Waals surface area (Å²) in [5.74, 6) is 0. The van der Waals surface area contributed by atoms with Gasteiger partial charge in [0.15, 0.2) is 0 Å². The van der Waals surface area contributed by atoms with E-state index < -0.39 is 0 Å². The van der Waals surface area contributed by atoms with E-state index in [1.54, 1.807) is 0 Å². The van der Waals surface area contributed by atoms with Crippen LogP contribution in [0.5, 0.6) is 0 Å². The first kappa shape index (κ1) is 29.7. The van der Waals surface area contributed by atoms with E-state index in [0.29, 0.717) is 0 Å². The summed E-state index contributed by atoms with van der Waals surface area (Å²) >= 11 is 0. The molecule has 0 aromatic rings. The van der Waals surface area contributed by atoms with Crippen LogP contribution in [0.2, 0.25) is 0 Å². The van der Waals surface area contributed by atoms with Gasteiger partial charge in [-0.2, -0.15) is 0 Å². The van der Waals surface area contributed by atoms with E-state index in [9.17, 15) is 0 Å². The van der Waals surface area contributed by atoms with Crippen molar-refractivity contribution in [2.45, 2.75) is 0 Å². The van der Waals surface area contributed by atoms with Crippen LogP contribution < -0.4 is 0 Å². The molecule has 4 nitrogen and oxygen atoms in total. The van der Waals surface area contributed by atoms with Crippen molar-refractivity contribution in [3.05, 3.63) is 0 Å². The van der Waals surface area contributed by atoms with Crippen LogP contribution in [-0.2, 0) is 10.1 Å². The zero-order chi connectivity index (χ0) is 3.41. The van der Waals surface area contributed by atoms with Crippen LogP contribution in [0.3, 0.4) is 0 Å². The summed E-state index contributed by atoms with van der Waals surface area (Å²) in [5, 5.41) is 19.0. The minimum atomic E-state index is 0. The Morgan fingerprint density at radius 2 is 0.750 bits per heavy atom. The molecular formula is H6Na4O4. The Balaban J connectivity index is -0.00000000750. The average Bonchev–Trinajstić information content (AvgIpc) is 1.37. The molecule has 0 bridgehead atoms. The summed E-state index contributed by atoms with van der Waals surface area (Å²) in [7, 11) is 0. The van der Waals surface area contributed by atoms with Crippen LogP contribution in [0, 0.1) is 0 Å². The van der Waals surface area contributed by atoms with Crippen LogP contribution in [0.25, 0.3) is 0 Å². The topological polar surface area (TPSA) is 58.9 Å². The van der Waals surface area contributed by atoms with Gasteiger partial charge in [0.1, 0.15) is 0 Å². The first-order chi connectivity index (χ1) is 1.91. The molecule has 0 rings (SSSR count). The summed E-state index contributed by atoms with van der Waals surface area (Å²) in [6, 6.07) is 0. The quantitative estimate of drug-likeness (QED) is 0.250. The van der Waals surface area contributed by atoms with Gasteiger partial charge in [0.2, 0.25) is 0 Å². The molecule has 0 unspecified atom stereocenters. The van der Waals surface area contributed by atoms with Gasteiger partial charge in [-0.15, -0.1) is 0 Å². The maximum atomic E-state index is 6.90. The summed E-state index contributed by atoms with van der Waals surface area (Å²) in [6.45, 7) is 0. The predicted octanol–water partition coefficient (Wildman–Crippen LogP) is -2.71. The van der Waals surface area contributed by atoms with E-state index in [4.69, 9.17) is 10.5 Å². The van der Waals surface area contributed by atoms with E-state index in [2.05, 4.69) is 10.1 Å². The first-order valence-electron chi connectivity index (χ1n) is 0.532. The molecular weight excluding hydrogens is 156 g/mol. The van der Waals surface area contributed by atoms with E-state index in [1.807, 2.05) is 0 Å². The van der Waals surface area contributed by atoms with Gasteiger partial charge >= 0.3 is 118 Å². The second-order valence-electron chi connectivity index (χ2n) is 0.149. The van der Waals surface area contributed by atoms with Crippen molar-refractivity contribution in [1.29, 1.82) is 0 Å². The predicted molar refractivity (Wildman–Crippen MR) is 36.0 cm³/mol.